The van der Waals surface area contributed by atoms with Gasteiger partial charge in [-0.1, -0.05) is 11.6 Å². The van der Waals surface area contributed by atoms with Gasteiger partial charge in [0.25, 0.3) is 0 Å². The van der Waals surface area contributed by atoms with Crippen molar-refractivity contribution in [2.24, 2.45) is 0 Å². The third-order valence-electron chi connectivity index (χ3n) is 1.47. The number of halogens is 1. The summed E-state index contributed by atoms with van der Waals surface area (Å²) in [7, 11) is 0. The highest BCUT2D eigenvalue weighted by atomic mass is 35.5. The fourth-order valence-corrected chi connectivity index (χ4v) is 0.894. The number of carboxylic acid groups (broad SMARTS) is 1. The van der Waals surface area contributed by atoms with Gasteiger partial charge in [-0.3, -0.25) is 0 Å². The molecule has 0 fully saturated rings. The van der Waals surface area contributed by atoms with Gasteiger partial charge in [0.05, 0.1) is 0 Å². The largest absolute Gasteiger partial charge is 0.479 e. The van der Waals surface area contributed by atoms with Crippen molar-refractivity contribution in [2.75, 3.05) is 0 Å². The molecule has 0 bridgehead atoms. The van der Waals surface area contributed by atoms with Crippen LogP contribution in [0.1, 0.15) is 6.92 Å². The monoisotopic (exact) mass is 200 g/mol. The molecule has 70 valence electrons. The van der Waals surface area contributed by atoms with Gasteiger partial charge in [-0.25, -0.2) is 4.79 Å². The molecule has 0 spiro atoms. The molecule has 0 saturated heterocycles. The Kier molecular flexibility index (Phi) is 3.14. The van der Waals surface area contributed by atoms with Gasteiger partial charge in [0, 0.05) is 5.02 Å². The predicted octanol–water partition coefficient (Wildman–Crippen LogP) is 2.19. The highest BCUT2D eigenvalue weighted by molar-refractivity contribution is 6.30. The highest BCUT2D eigenvalue weighted by Crippen LogP contribution is 2.16. The zero-order chi connectivity index (χ0) is 9.84. The molecule has 0 radical (unpaired) electrons. The van der Waals surface area contributed by atoms with Crippen molar-refractivity contribution in [3.05, 3.63) is 29.3 Å². The standard InChI is InChI=1S/C9H9ClO3/c1-6(9(11)12)13-8-4-2-7(10)3-5-8/h2-6H,1H3,(H,11,12)/t6-/m0/s1. The quantitative estimate of drug-likeness (QED) is 0.814. The maximum Gasteiger partial charge on any atom is 0.344 e. The zero-order valence-electron chi connectivity index (χ0n) is 7.03. The SMILES string of the molecule is C[C@H](Oc1ccc(Cl)cc1)C(=O)O. The van der Waals surface area contributed by atoms with Crippen LogP contribution in [-0.2, 0) is 4.79 Å². The Morgan fingerprint density at radius 1 is 1.46 bits per heavy atom. The van der Waals surface area contributed by atoms with Gasteiger partial charge < -0.3 is 9.84 Å². The second-order valence-corrected chi connectivity index (χ2v) is 2.99. The molecule has 0 saturated carbocycles. The number of ether oxygens (including phenoxy) is 1. The van der Waals surface area contributed by atoms with E-state index in [4.69, 9.17) is 21.4 Å². The number of carboxylic acids is 1. The van der Waals surface area contributed by atoms with Crippen molar-refractivity contribution in [3.8, 4) is 5.75 Å². The van der Waals surface area contributed by atoms with Gasteiger partial charge in [-0.15, -0.1) is 0 Å². The Bertz CT molecular complexity index is 294. The summed E-state index contributed by atoms with van der Waals surface area (Å²) in [5, 5.41) is 9.14. The van der Waals surface area contributed by atoms with E-state index in [2.05, 4.69) is 0 Å². The normalized spacial score (nSPS) is 12.2. The van der Waals surface area contributed by atoms with E-state index in [0.29, 0.717) is 10.8 Å². The van der Waals surface area contributed by atoms with Gasteiger partial charge in [-0.05, 0) is 31.2 Å². The molecule has 1 aromatic rings. The minimum absolute atomic E-state index is 0.499. The Hall–Kier alpha value is -1.22. The zero-order valence-corrected chi connectivity index (χ0v) is 7.78. The summed E-state index contributed by atoms with van der Waals surface area (Å²) < 4.78 is 5.07. The van der Waals surface area contributed by atoms with Crippen LogP contribution in [-0.4, -0.2) is 17.2 Å². The predicted molar refractivity (Wildman–Crippen MR) is 49.2 cm³/mol. The lowest BCUT2D eigenvalue weighted by Gasteiger charge is -2.09. The number of aliphatic carboxylic acids is 1. The summed E-state index contributed by atoms with van der Waals surface area (Å²) in [6.07, 6.45) is -0.846. The number of rotatable bonds is 3. The van der Waals surface area contributed by atoms with E-state index in [1.165, 1.54) is 6.92 Å². The van der Waals surface area contributed by atoms with Crippen LogP contribution in [0, 0.1) is 0 Å². The van der Waals surface area contributed by atoms with Crippen molar-refractivity contribution in [2.45, 2.75) is 13.0 Å². The van der Waals surface area contributed by atoms with Crippen molar-refractivity contribution < 1.29 is 14.6 Å². The topological polar surface area (TPSA) is 46.5 Å². The Labute approximate surface area is 80.9 Å². The third kappa shape index (κ3) is 2.95. The molecule has 0 aliphatic rings. The molecule has 0 amide bonds. The first-order valence-electron chi connectivity index (χ1n) is 3.74. The average Bonchev–Trinajstić information content (AvgIpc) is 2.08. The first kappa shape index (κ1) is 9.86. The first-order valence-corrected chi connectivity index (χ1v) is 4.12. The maximum absolute atomic E-state index is 10.4. The molecule has 0 unspecified atom stereocenters. The molecular weight excluding hydrogens is 192 g/mol. The third-order valence-corrected chi connectivity index (χ3v) is 1.73. The van der Waals surface area contributed by atoms with Gasteiger partial charge in [-0.2, -0.15) is 0 Å². The van der Waals surface area contributed by atoms with E-state index >= 15 is 0 Å². The van der Waals surface area contributed by atoms with Crippen LogP contribution < -0.4 is 4.74 Å². The second kappa shape index (κ2) is 4.14. The number of hydrogen-bond acceptors (Lipinski definition) is 2. The summed E-state index contributed by atoms with van der Waals surface area (Å²) in [4.78, 5) is 10.4. The van der Waals surface area contributed by atoms with Crippen molar-refractivity contribution in [1.82, 2.24) is 0 Å². The van der Waals surface area contributed by atoms with E-state index in [1.54, 1.807) is 24.3 Å². The second-order valence-electron chi connectivity index (χ2n) is 2.55. The van der Waals surface area contributed by atoms with Crippen molar-refractivity contribution >= 4 is 17.6 Å². The van der Waals surface area contributed by atoms with E-state index in [0.717, 1.165) is 0 Å². The lowest BCUT2D eigenvalue weighted by Crippen LogP contribution is -2.22. The molecule has 4 heteroatoms. The number of hydrogen-bond donors (Lipinski definition) is 1. The minimum atomic E-state index is -0.991. The lowest BCUT2D eigenvalue weighted by atomic mass is 10.3. The first-order chi connectivity index (χ1) is 6.09. The lowest BCUT2D eigenvalue weighted by molar-refractivity contribution is -0.144. The fraction of sp³-hybridized carbons (Fsp3) is 0.222. The Morgan fingerprint density at radius 2 is 2.00 bits per heavy atom. The van der Waals surface area contributed by atoms with Crippen LogP contribution in [0.4, 0.5) is 0 Å². The van der Waals surface area contributed by atoms with E-state index in [-0.39, 0.29) is 0 Å². The molecule has 0 aliphatic heterocycles. The smallest absolute Gasteiger partial charge is 0.344 e. The van der Waals surface area contributed by atoms with Gasteiger partial charge in [0.2, 0.25) is 0 Å². The van der Waals surface area contributed by atoms with Gasteiger partial charge in [0.1, 0.15) is 5.75 Å². The Balaban J connectivity index is 2.64. The molecular formula is C9H9ClO3. The van der Waals surface area contributed by atoms with Gasteiger partial charge >= 0.3 is 5.97 Å². The van der Waals surface area contributed by atoms with E-state index < -0.39 is 12.1 Å². The molecule has 1 rings (SSSR count). The van der Waals surface area contributed by atoms with Crippen molar-refractivity contribution in [3.63, 3.8) is 0 Å². The maximum atomic E-state index is 10.4. The molecule has 3 nitrogen and oxygen atoms in total. The summed E-state index contributed by atoms with van der Waals surface area (Å²) in [6, 6.07) is 6.54. The molecule has 13 heavy (non-hydrogen) atoms. The average molecular weight is 201 g/mol. The van der Waals surface area contributed by atoms with Crippen molar-refractivity contribution in [1.29, 1.82) is 0 Å². The molecule has 1 aromatic carbocycles. The molecule has 0 aromatic heterocycles. The summed E-state index contributed by atoms with van der Waals surface area (Å²) in [6.45, 7) is 1.47. The molecule has 1 atom stereocenters. The van der Waals surface area contributed by atoms with Gasteiger partial charge in [0.15, 0.2) is 6.10 Å². The summed E-state index contributed by atoms with van der Waals surface area (Å²) >= 11 is 5.64. The molecule has 0 heterocycles. The Morgan fingerprint density at radius 3 is 2.46 bits per heavy atom. The number of carbonyl (C=O) groups is 1. The van der Waals surface area contributed by atoms with E-state index in [1.807, 2.05) is 0 Å². The van der Waals surface area contributed by atoms with Crippen LogP contribution in [0.15, 0.2) is 24.3 Å². The van der Waals surface area contributed by atoms with Crippen LogP contribution in [0.3, 0.4) is 0 Å². The highest BCUT2D eigenvalue weighted by Gasteiger charge is 2.11. The van der Waals surface area contributed by atoms with Crippen LogP contribution >= 0.6 is 11.6 Å². The molecule has 1 N–H and O–H groups in total. The fourth-order valence-electron chi connectivity index (χ4n) is 0.768. The summed E-state index contributed by atoms with van der Waals surface area (Å²) in [5.74, 6) is -0.491. The van der Waals surface area contributed by atoms with Crippen LogP contribution in [0.25, 0.3) is 0 Å². The number of benzene rings is 1. The van der Waals surface area contributed by atoms with Crippen LogP contribution in [0.2, 0.25) is 5.02 Å². The van der Waals surface area contributed by atoms with E-state index in [9.17, 15) is 4.79 Å². The van der Waals surface area contributed by atoms with Crippen LogP contribution in [0.5, 0.6) is 5.75 Å². The summed E-state index contributed by atoms with van der Waals surface area (Å²) in [5.41, 5.74) is 0. The molecule has 0 aliphatic carbocycles. The minimum Gasteiger partial charge on any atom is -0.479 e.